The number of benzene rings is 1. The molecule has 0 unspecified atom stereocenters. The Morgan fingerprint density at radius 3 is 2.53 bits per heavy atom. The Kier molecular flexibility index (Phi) is 6.38. The molecule has 32 heavy (non-hydrogen) atoms. The lowest BCUT2D eigenvalue weighted by molar-refractivity contribution is -0.128. The van der Waals surface area contributed by atoms with Crippen molar-refractivity contribution in [3.63, 3.8) is 0 Å². The van der Waals surface area contributed by atoms with Crippen LogP contribution in [0.3, 0.4) is 0 Å². The van der Waals surface area contributed by atoms with Crippen LogP contribution < -0.4 is 0 Å². The molecule has 2 aromatic heterocycles. The lowest BCUT2D eigenvalue weighted by Crippen LogP contribution is -2.38. The van der Waals surface area contributed by atoms with Crippen molar-refractivity contribution in [2.45, 2.75) is 31.7 Å². The highest BCUT2D eigenvalue weighted by Gasteiger charge is 2.26. The number of hydrogen-bond donors (Lipinski definition) is 0. The van der Waals surface area contributed by atoms with Gasteiger partial charge in [-0.2, -0.15) is 4.98 Å². The molecule has 0 radical (unpaired) electrons. The van der Waals surface area contributed by atoms with E-state index in [1.54, 1.807) is 30.0 Å². The Labute approximate surface area is 186 Å². The van der Waals surface area contributed by atoms with E-state index in [1.807, 2.05) is 6.92 Å². The predicted octanol–water partition coefficient (Wildman–Crippen LogP) is 1.85. The highest BCUT2D eigenvalue weighted by Crippen LogP contribution is 2.25. The summed E-state index contributed by atoms with van der Waals surface area (Å²) in [6.45, 7) is 6.35. The number of aromatic nitrogens is 3. The van der Waals surface area contributed by atoms with Crippen molar-refractivity contribution in [2.75, 3.05) is 31.9 Å². The maximum absolute atomic E-state index is 12.7. The summed E-state index contributed by atoms with van der Waals surface area (Å²) in [5.74, 6) is 0.617. The Bertz CT molecular complexity index is 1170. The topological polar surface area (TPSA) is 123 Å². The van der Waals surface area contributed by atoms with Crippen LogP contribution in [0, 0.1) is 13.8 Å². The zero-order chi connectivity index (χ0) is 22.7. The van der Waals surface area contributed by atoms with Gasteiger partial charge in [0.25, 0.3) is 5.89 Å². The Morgan fingerprint density at radius 2 is 1.81 bits per heavy atom. The van der Waals surface area contributed by atoms with E-state index in [0.717, 1.165) is 13.0 Å². The van der Waals surface area contributed by atoms with Crippen molar-refractivity contribution in [1.82, 2.24) is 25.1 Å². The molecule has 0 atom stereocenters. The minimum Gasteiger partial charge on any atom is -0.361 e. The third kappa shape index (κ3) is 4.89. The second kappa shape index (κ2) is 9.21. The molecule has 0 saturated carbocycles. The average molecular weight is 460 g/mol. The molecule has 0 bridgehead atoms. The third-order valence-electron chi connectivity index (χ3n) is 5.44. The monoisotopic (exact) mass is 459 g/mol. The summed E-state index contributed by atoms with van der Waals surface area (Å²) < 4.78 is 35.6. The minimum absolute atomic E-state index is 0.163. The number of rotatable bonds is 6. The van der Waals surface area contributed by atoms with Crippen LogP contribution in [-0.2, 0) is 21.2 Å². The van der Waals surface area contributed by atoms with Gasteiger partial charge < -0.3 is 13.9 Å². The van der Waals surface area contributed by atoms with E-state index in [2.05, 4.69) is 20.2 Å². The molecular weight excluding hydrogens is 434 g/mol. The standard InChI is InChI=1S/C21H25N5O5S/c1-15-20(16(2)30-23-15)21-22-18(24-31-21)13-25-9-6-10-26(12-11-25)19(27)14-32(28,29)17-7-4-3-5-8-17/h3-5,7-8H,6,9-14H2,1-2H3. The van der Waals surface area contributed by atoms with Gasteiger partial charge in [-0.05, 0) is 32.4 Å². The number of aryl methyl sites for hydroxylation is 2. The zero-order valence-corrected chi connectivity index (χ0v) is 18.8. The smallest absolute Gasteiger partial charge is 0.263 e. The van der Waals surface area contributed by atoms with Crippen LogP contribution >= 0.6 is 0 Å². The Hall–Kier alpha value is -3.05. The van der Waals surface area contributed by atoms with Crippen LogP contribution in [0.25, 0.3) is 11.5 Å². The van der Waals surface area contributed by atoms with Crippen molar-refractivity contribution in [2.24, 2.45) is 0 Å². The van der Waals surface area contributed by atoms with Gasteiger partial charge >= 0.3 is 0 Å². The van der Waals surface area contributed by atoms with Crippen molar-refractivity contribution in [3.05, 3.63) is 47.6 Å². The maximum atomic E-state index is 12.7. The SMILES string of the molecule is Cc1noc(C)c1-c1nc(CN2CCCN(C(=O)CS(=O)(=O)c3ccccc3)CC2)no1. The normalized spacial score (nSPS) is 15.6. The molecule has 11 heteroatoms. The molecule has 1 amide bonds. The molecule has 1 aliphatic rings. The van der Waals surface area contributed by atoms with Gasteiger partial charge in [-0.3, -0.25) is 9.69 Å². The van der Waals surface area contributed by atoms with Gasteiger partial charge in [0.1, 0.15) is 17.1 Å². The van der Waals surface area contributed by atoms with E-state index in [9.17, 15) is 13.2 Å². The van der Waals surface area contributed by atoms with Crippen LogP contribution in [0.15, 0.2) is 44.3 Å². The summed E-state index contributed by atoms with van der Waals surface area (Å²) in [5, 5.41) is 7.96. The van der Waals surface area contributed by atoms with Crippen LogP contribution in [0.1, 0.15) is 23.7 Å². The first kappa shape index (κ1) is 22.2. The average Bonchev–Trinajstić information content (AvgIpc) is 3.26. The summed E-state index contributed by atoms with van der Waals surface area (Å²) in [6.07, 6.45) is 0.728. The van der Waals surface area contributed by atoms with Crippen LogP contribution in [0.2, 0.25) is 0 Å². The molecular formula is C21H25N5O5S. The number of hydrogen-bond acceptors (Lipinski definition) is 9. The van der Waals surface area contributed by atoms with E-state index in [-0.39, 0.29) is 10.8 Å². The number of carbonyl (C=O) groups is 1. The molecule has 1 aromatic carbocycles. The fourth-order valence-corrected chi connectivity index (χ4v) is 5.00. The number of amides is 1. The molecule has 1 aliphatic heterocycles. The van der Waals surface area contributed by atoms with Crippen LogP contribution in [0.4, 0.5) is 0 Å². The Morgan fingerprint density at radius 1 is 1.03 bits per heavy atom. The first-order valence-corrected chi connectivity index (χ1v) is 12.0. The maximum Gasteiger partial charge on any atom is 0.263 e. The largest absolute Gasteiger partial charge is 0.361 e. The van der Waals surface area contributed by atoms with Crippen molar-refractivity contribution in [3.8, 4) is 11.5 Å². The van der Waals surface area contributed by atoms with Gasteiger partial charge in [0.2, 0.25) is 5.91 Å². The van der Waals surface area contributed by atoms with Crippen molar-refractivity contribution in [1.29, 1.82) is 0 Å². The molecule has 170 valence electrons. The highest BCUT2D eigenvalue weighted by atomic mass is 32.2. The Balaban J connectivity index is 1.35. The van der Waals surface area contributed by atoms with Crippen molar-refractivity contribution < 1.29 is 22.3 Å². The van der Waals surface area contributed by atoms with Gasteiger partial charge in [-0.15, -0.1) is 0 Å². The van der Waals surface area contributed by atoms with Crippen LogP contribution in [0.5, 0.6) is 0 Å². The van der Waals surface area contributed by atoms with Gasteiger partial charge in [0, 0.05) is 26.2 Å². The van der Waals surface area contributed by atoms with Crippen molar-refractivity contribution >= 4 is 15.7 Å². The molecule has 3 heterocycles. The lowest BCUT2D eigenvalue weighted by atomic mass is 10.2. The van der Waals surface area contributed by atoms with E-state index in [1.165, 1.54) is 12.1 Å². The van der Waals surface area contributed by atoms with E-state index in [0.29, 0.717) is 54.9 Å². The molecule has 4 rings (SSSR count). The summed E-state index contributed by atoms with van der Waals surface area (Å²) in [6, 6.07) is 8.06. The molecule has 0 aliphatic carbocycles. The first-order valence-electron chi connectivity index (χ1n) is 10.4. The molecule has 0 N–H and O–H groups in total. The quantitative estimate of drug-likeness (QED) is 0.543. The summed E-state index contributed by atoms with van der Waals surface area (Å²) in [4.78, 5) is 21.0. The van der Waals surface area contributed by atoms with E-state index < -0.39 is 15.6 Å². The molecule has 1 fully saturated rings. The second-order valence-electron chi connectivity index (χ2n) is 7.80. The molecule has 0 spiro atoms. The van der Waals surface area contributed by atoms with Gasteiger partial charge in [0.05, 0.1) is 17.1 Å². The molecule has 3 aromatic rings. The van der Waals surface area contributed by atoms with E-state index in [4.69, 9.17) is 9.05 Å². The summed E-state index contributed by atoms with van der Waals surface area (Å²) in [5.41, 5.74) is 1.39. The van der Waals surface area contributed by atoms with Crippen LogP contribution in [-0.4, -0.2) is 71.4 Å². The molecule has 10 nitrogen and oxygen atoms in total. The van der Waals surface area contributed by atoms with Gasteiger partial charge in [0.15, 0.2) is 15.7 Å². The first-order chi connectivity index (χ1) is 15.3. The summed E-state index contributed by atoms with van der Waals surface area (Å²) in [7, 11) is -3.66. The second-order valence-corrected chi connectivity index (χ2v) is 9.79. The third-order valence-corrected chi connectivity index (χ3v) is 7.05. The van der Waals surface area contributed by atoms with E-state index >= 15 is 0 Å². The van der Waals surface area contributed by atoms with Gasteiger partial charge in [-0.1, -0.05) is 28.5 Å². The number of carbonyl (C=O) groups excluding carboxylic acids is 1. The zero-order valence-electron chi connectivity index (χ0n) is 18.0. The predicted molar refractivity (Wildman–Crippen MR) is 114 cm³/mol. The minimum atomic E-state index is -3.66. The summed E-state index contributed by atoms with van der Waals surface area (Å²) >= 11 is 0. The fraction of sp³-hybridized carbons (Fsp3) is 0.429. The number of sulfone groups is 1. The highest BCUT2D eigenvalue weighted by molar-refractivity contribution is 7.92. The van der Waals surface area contributed by atoms with Gasteiger partial charge in [-0.25, -0.2) is 8.42 Å². The number of nitrogens with zero attached hydrogens (tertiary/aromatic N) is 5. The fourth-order valence-electron chi connectivity index (χ4n) is 3.75. The molecule has 1 saturated heterocycles. The lowest BCUT2D eigenvalue weighted by Gasteiger charge is -2.21.